The monoisotopic (exact) mass is 684 g/mol. The van der Waals surface area contributed by atoms with Crippen molar-refractivity contribution in [1.29, 1.82) is 0 Å². The number of carbonyl (C=O) groups excluding carboxylic acids is 3. The Kier molecular flexibility index (Phi) is 9.29. The fourth-order valence-corrected chi connectivity index (χ4v) is 8.03. The molecule has 0 spiro atoms. The molecule has 3 fully saturated rings. The maximum atomic E-state index is 14.1. The number of ether oxygens (including phenoxy) is 2. The van der Waals surface area contributed by atoms with Gasteiger partial charge >= 0.3 is 0 Å². The van der Waals surface area contributed by atoms with Crippen molar-refractivity contribution < 1.29 is 32.3 Å². The summed E-state index contributed by atoms with van der Waals surface area (Å²) in [6.07, 6.45) is 9.81. The highest BCUT2D eigenvalue weighted by molar-refractivity contribution is 7.91. The van der Waals surface area contributed by atoms with Gasteiger partial charge < -0.3 is 30.7 Å². The Balaban J connectivity index is 1.30. The molecule has 0 bridgehead atoms. The summed E-state index contributed by atoms with van der Waals surface area (Å²) in [7, 11) is -2.26. The number of rotatable bonds is 7. The van der Waals surface area contributed by atoms with Crippen LogP contribution in [0.15, 0.2) is 42.6 Å². The van der Waals surface area contributed by atoms with E-state index in [1.54, 1.807) is 19.4 Å². The summed E-state index contributed by atoms with van der Waals surface area (Å²) in [6, 6.07) is 5.55. The SMILES string of the molecule is COc1ccc2c(O[C@@H]3C[C@H]4C(=O)N[C@]5(C(=O)NS(=O)(=O)C6CC6)C[C@@H]5/C=C\CCCCC[C@H](NC(N)=S)C(=O)N4C3)nccc2c1. The summed E-state index contributed by atoms with van der Waals surface area (Å²) in [5, 5.41) is 6.74. The van der Waals surface area contributed by atoms with Gasteiger partial charge in [-0.15, -0.1) is 0 Å². The molecule has 2 aliphatic carbocycles. The molecule has 47 heavy (non-hydrogen) atoms. The third-order valence-corrected chi connectivity index (χ3v) is 11.3. The second-order valence-corrected chi connectivity index (χ2v) is 15.2. The van der Waals surface area contributed by atoms with E-state index in [0.717, 1.165) is 36.5 Å². The number of carbonyl (C=O) groups is 3. The molecule has 2 aliphatic heterocycles. The van der Waals surface area contributed by atoms with Gasteiger partial charge in [0.2, 0.25) is 27.7 Å². The summed E-state index contributed by atoms with van der Waals surface area (Å²) in [6.45, 7) is 0.0687. The van der Waals surface area contributed by atoms with Crippen molar-refractivity contribution >= 4 is 55.8 Å². The first-order valence-electron chi connectivity index (χ1n) is 16.0. The van der Waals surface area contributed by atoms with Crippen LogP contribution in [0.5, 0.6) is 11.6 Å². The number of nitrogens with two attached hydrogens (primary N) is 1. The molecule has 2 saturated carbocycles. The van der Waals surface area contributed by atoms with Gasteiger partial charge in [-0.2, -0.15) is 0 Å². The van der Waals surface area contributed by atoms with Gasteiger partial charge in [0.1, 0.15) is 29.5 Å². The number of hydrogen-bond donors (Lipinski definition) is 4. The zero-order valence-corrected chi connectivity index (χ0v) is 27.8. The average molecular weight is 685 g/mol. The van der Waals surface area contributed by atoms with E-state index >= 15 is 0 Å². The van der Waals surface area contributed by atoms with Crippen molar-refractivity contribution in [2.45, 2.75) is 86.8 Å². The molecule has 5 atom stereocenters. The lowest BCUT2D eigenvalue weighted by atomic mass is 10.1. The van der Waals surface area contributed by atoms with Gasteiger partial charge in [-0.3, -0.25) is 19.1 Å². The highest BCUT2D eigenvalue weighted by Crippen LogP contribution is 2.46. The van der Waals surface area contributed by atoms with Crippen molar-refractivity contribution in [2.24, 2.45) is 11.7 Å². The van der Waals surface area contributed by atoms with Crippen molar-refractivity contribution in [3.05, 3.63) is 42.6 Å². The zero-order chi connectivity index (χ0) is 33.3. The number of allylic oxidation sites excluding steroid dienone is 1. The van der Waals surface area contributed by atoms with Gasteiger partial charge in [-0.05, 0) is 80.4 Å². The van der Waals surface area contributed by atoms with Crippen LogP contribution in [-0.4, -0.2) is 83.8 Å². The Morgan fingerprint density at radius 1 is 1.17 bits per heavy atom. The molecule has 1 aromatic carbocycles. The normalized spacial score (nSPS) is 28.9. The Bertz CT molecular complexity index is 1710. The zero-order valence-electron chi connectivity index (χ0n) is 26.1. The molecule has 5 N–H and O–H groups in total. The predicted molar refractivity (Wildman–Crippen MR) is 178 cm³/mol. The van der Waals surface area contributed by atoms with Crippen LogP contribution in [0.4, 0.5) is 0 Å². The topological polar surface area (TPSA) is 182 Å². The van der Waals surface area contributed by atoms with Crippen LogP contribution in [0, 0.1) is 5.92 Å². The molecule has 4 aliphatic rings. The Morgan fingerprint density at radius 2 is 1.98 bits per heavy atom. The summed E-state index contributed by atoms with van der Waals surface area (Å²) < 4.78 is 39.3. The lowest BCUT2D eigenvalue weighted by molar-refractivity contribution is -0.141. The second kappa shape index (κ2) is 13.3. The molecular weight excluding hydrogens is 645 g/mol. The molecular formula is C32H40N6O7S2. The van der Waals surface area contributed by atoms with E-state index in [1.807, 2.05) is 30.4 Å². The minimum absolute atomic E-state index is 0.0269. The molecule has 1 aromatic heterocycles. The number of aromatic nitrogens is 1. The number of methoxy groups -OCH3 is 1. The molecule has 6 rings (SSSR count). The fraction of sp³-hybridized carbons (Fsp3) is 0.531. The Labute approximate surface area is 279 Å². The van der Waals surface area contributed by atoms with Crippen molar-refractivity contribution in [3.8, 4) is 11.6 Å². The predicted octanol–water partition coefficient (Wildman–Crippen LogP) is 1.80. The molecule has 0 radical (unpaired) electrons. The molecule has 3 heterocycles. The van der Waals surface area contributed by atoms with Crippen LogP contribution in [-0.2, 0) is 24.4 Å². The smallest absolute Gasteiger partial charge is 0.259 e. The van der Waals surface area contributed by atoms with E-state index in [0.29, 0.717) is 30.9 Å². The molecule has 0 unspecified atom stereocenters. The average Bonchev–Trinajstić information content (AvgIpc) is 3.96. The number of pyridine rings is 1. The second-order valence-electron chi connectivity index (χ2n) is 12.8. The lowest BCUT2D eigenvalue weighted by Gasteiger charge is -2.30. The molecule has 3 amide bonds. The first-order chi connectivity index (χ1) is 22.5. The van der Waals surface area contributed by atoms with E-state index in [9.17, 15) is 22.8 Å². The molecule has 252 valence electrons. The van der Waals surface area contributed by atoms with Gasteiger partial charge in [-0.25, -0.2) is 13.4 Å². The third kappa shape index (κ3) is 7.15. The number of sulfonamides is 1. The summed E-state index contributed by atoms with van der Waals surface area (Å²) >= 11 is 5.09. The standard InChI is InChI=1S/C32H40N6O7S2/c1-44-21-9-12-24-19(15-21)13-14-34-28(24)45-22-16-26-27(39)36-32(30(41)37-47(42,43)23-10-11-23)17-20(32)7-5-3-2-4-6-8-25(35-31(33)46)29(40)38(26)18-22/h5,7,9,12-15,20,22-23,25-26H,2-4,6,8,10-11,16-18H2,1H3,(H,36,39)(H,37,41)(H3,33,35,46)/b7-5-/t20-,22+,25-,26-,32+/m0/s1. The van der Waals surface area contributed by atoms with E-state index < -0.39 is 50.8 Å². The summed E-state index contributed by atoms with van der Waals surface area (Å²) in [5.41, 5.74) is 4.36. The van der Waals surface area contributed by atoms with Gasteiger partial charge in [0.05, 0.1) is 18.9 Å². The Morgan fingerprint density at radius 3 is 2.72 bits per heavy atom. The van der Waals surface area contributed by atoms with Crippen LogP contribution in [0.3, 0.4) is 0 Å². The van der Waals surface area contributed by atoms with Crippen LogP contribution in [0.1, 0.15) is 57.8 Å². The molecule has 15 heteroatoms. The number of nitrogens with zero attached hydrogens (tertiary/aromatic N) is 2. The Hall–Kier alpha value is -3.98. The van der Waals surface area contributed by atoms with E-state index in [-0.39, 0.29) is 36.3 Å². The minimum Gasteiger partial charge on any atom is -0.497 e. The van der Waals surface area contributed by atoms with Gasteiger partial charge in [0, 0.05) is 23.9 Å². The largest absolute Gasteiger partial charge is 0.497 e. The minimum atomic E-state index is -3.85. The van der Waals surface area contributed by atoms with Crippen molar-refractivity contribution in [2.75, 3.05) is 13.7 Å². The number of fused-ring (bicyclic) bond motifs is 3. The number of nitrogens with one attached hydrogen (secondary N) is 3. The van der Waals surface area contributed by atoms with Crippen molar-refractivity contribution in [3.63, 3.8) is 0 Å². The van der Waals surface area contributed by atoms with Crippen LogP contribution >= 0.6 is 12.2 Å². The van der Waals surface area contributed by atoms with E-state index in [1.165, 1.54) is 4.90 Å². The quantitative estimate of drug-likeness (QED) is 0.247. The molecule has 1 saturated heterocycles. The first kappa shape index (κ1) is 32.9. The van der Waals surface area contributed by atoms with Gasteiger partial charge in [0.15, 0.2) is 5.11 Å². The van der Waals surface area contributed by atoms with Crippen LogP contribution < -0.4 is 30.6 Å². The molecule has 13 nitrogen and oxygen atoms in total. The summed E-state index contributed by atoms with van der Waals surface area (Å²) in [4.78, 5) is 47.7. The first-order valence-corrected chi connectivity index (χ1v) is 18.0. The number of amides is 3. The fourth-order valence-electron chi connectivity index (χ4n) is 6.53. The van der Waals surface area contributed by atoms with E-state index in [2.05, 4.69) is 20.3 Å². The number of thiocarbonyl (C=S) groups is 1. The van der Waals surface area contributed by atoms with Crippen molar-refractivity contribution in [1.82, 2.24) is 25.2 Å². The third-order valence-electron chi connectivity index (χ3n) is 9.37. The highest BCUT2D eigenvalue weighted by atomic mass is 32.2. The lowest BCUT2D eigenvalue weighted by Crippen LogP contribution is -2.58. The summed E-state index contributed by atoms with van der Waals surface area (Å²) in [5.74, 6) is -1.06. The maximum Gasteiger partial charge on any atom is 0.259 e. The molecule has 2 aromatic rings. The highest BCUT2D eigenvalue weighted by Gasteiger charge is 2.62. The van der Waals surface area contributed by atoms with Crippen LogP contribution in [0.2, 0.25) is 0 Å². The van der Waals surface area contributed by atoms with Gasteiger partial charge in [0.25, 0.3) is 5.91 Å². The number of benzene rings is 1. The van der Waals surface area contributed by atoms with E-state index in [4.69, 9.17) is 27.4 Å². The van der Waals surface area contributed by atoms with Gasteiger partial charge in [-0.1, -0.05) is 25.0 Å². The number of hydrogen-bond acceptors (Lipinski definition) is 9. The van der Waals surface area contributed by atoms with Crippen LogP contribution in [0.25, 0.3) is 10.8 Å². The maximum absolute atomic E-state index is 14.1.